The summed E-state index contributed by atoms with van der Waals surface area (Å²) in [5.74, 6) is 1.28. The monoisotopic (exact) mass is 1630 g/mol. The van der Waals surface area contributed by atoms with Crippen molar-refractivity contribution in [1.29, 1.82) is 0 Å². The Morgan fingerprint density at radius 2 is 0.451 bits per heavy atom. The Balaban J connectivity index is 2.17. The molecule has 544 valence electrons. The smallest absolute Gasteiger partial charge is 0.437 e. The Morgan fingerprint density at radius 3 is 0.637 bits per heavy atom. The maximum absolute atomic E-state index is 7.69. The lowest BCUT2D eigenvalue weighted by molar-refractivity contribution is 0.124. The minimum Gasteiger partial charge on any atom is -0.437 e. The van der Waals surface area contributed by atoms with E-state index in [0.717, 1.165) is 6.42 Å². The Kier molecular flexibility index (Phi) is 31.3. The van der Waals surface area contributed by atoms with Crippen molar-refractivity contribution < 1.29 is 87.4 Å². The zero-order chi connectivity index (χ0) is 71.8. The molecule has 5 unspecified atom stereocenters. The van der Waals surface area contributed by atoms with Crippen molar-refractivity contribution in [2.75, 3.05) is 21.3 Å². The Bertz CT molecular complexity index is 2310. The highest BCUT2D eigenvalue weighted by molar-refractivity contribution is 6.96. The summed E-state index contributed by atoms with van der Waals surface area (Å²) in [5, 5.41) is 0. The SMILES string of the molecule is CO[Si](CC[Si](C)(O[Si](C)(C)C)O[Si](C)(O[Si](C)(C)O[Si](C)(C)O[Si](C)(C)O[Si](C)(C)O[Si](C)(C)O[Si](C)(C)O[Si](C)(C)O[Si](C)(C)O[Si](C)(C)O[Si](C)(C)O[Si](C)(C)O[Si](C)(C)O[Si](C)(C)O[Si](C)(C)O[Si](C)(C)O[Si](C)(C)C)C1CC2CCC1C2)(OC)OC. The van der Waals surface area contributed by atoms with Crippen molar-refractivity contribution in [3.8, 4) is 0 Å². The van der Waals surface area contributed by atoms with Crippen LogP contribution < -0.4 is 0 Å². The molecule has 0 aromatic carbocycles. The van der Waals surface area contributed by atoms with Crippen molar-refractivity contribution in [3.05, 3.63) is 0 Å². The third-order valence-corrected chi connectivity index (χ3v) is 91.1. The fraction of sp³-hybridized carbons (Fsp3) is 1.00. The second-order valence-corrected chi connectivity index (χ2v) is 108. The van der Waals surface area contributed by atoms with E-state index in [1.165, 1.54) is 19.3 Å². The molecule has 0 saturated heterocycles. The summed E-state index contributed by atoms with van der Waals surface area (Å²) in [6.45, 7) is 80.3. The molecule has 21 nitrogen and oxygen atoms in total. The molecule has 2 rings (SSSR count). The summed E-state index contributed by atoms with van der Waals surface area (Å²) in [4.78, 5) is 0. The molecule has 41 heteroatoms. The molecule has 0 heterocycles. The Morgan fingerprint density at radius 1 is 0.231 bits per heavy atom. The van der Waals surface area contributed by atoms with Crippen LogP contribution in [-0.4, -0.2) is 192 Å². The first kappa shape index (κ1) is 90.6. The lowest BCUT2D eigenvalue weighted by Crippen LogP contribution is -2.64. The molecule has 0 aromatic rings. The van der Waals surface area contributed by atoms with Crippen LogP contribution in [0.5, 0.6) is 0 Å². The van der Waals surface area contributed by atoms with Gasteiger partial charge >= 0.3 is 154 Å². The van der Waals surface area contributed by atoms with Gasteiger partial charge in [-0.05, 0) is 280 Å². The first-order chi connectivity index (χ1) is 39.7. The summed E-state index contributed by atoms with van der Waals surface area (Å²) in [5.41, 5.74) is 0.342. The van der Waals surface area contributed by atoms with Gasteiger partial charge in [0.25, 0.3) is 0 Å². The van der Waals surface area contributed by atoms with E-state index < -0.39 is 171 Å². The van der Waals surface area contributed by atoms with Crippen LogP contribution in [-0.2, 0) is 87.4 Å². The largest absolute Gasteiger partial charge is 0.500 e. The van der Waals surface area contributed by atoms with E-state index >= 15 is 0 Å². The van der Waals surface area contributed by atoms with Gasteiger partial charge < -0.3 is 87.4 Å². The fourth-order valence-electron chi connectivity index (χ4n) is 15.0. The van der Waals surface area contributed by atoms with Crippen LogP contribution in [0.2, 0.25) is 266 Å². The molecule has 0 N–H and O–H groups in total. The van der Waals surface area contributed by atoms with Crippen molar-refractivity contribution in [2.24, 2.45) is 11.8 Å². The molecule has 5 atom stereocenters. The quantitative estimate of drug-likeness (QED) is 0.0523. The molecule has 2 aliphatic rings. The van der Waals surface area contributed by atoms with Gasteiger partial charge in [0.15, 0.2) is 16.6 Å². The van der Waals surface area contributed by atoms with E-state index in [1.54, 1.807) is 21.3 Å². The van der Waals surface area contributed by atoms with Crippen molar-refractivity contribution in [3.63, 3.8) is 0 Å². The summed E-state index contributed by atoms with van der Waals surface area (Å²) in [7, 11) is -49.9. The number of fused-ring (bicyclic) bond motifs is 2. The molecule has 0 radical (unpaired) electrons. The van der Waals surface area contributed by atoms with Crippen LogP contribution in [0.15, 0.2) is 0 Å². The average Bonchev–Trinajstić information content (AvgIpc) is 1.82. The second-order valence-electron chi connectivity index (χ2n) is 34.3. The molecule has 0 amide bonds. The fourth-order valence-corrected chi connectivity index (χ4v) is 117. The lowest BCUT2D eigenvalue weighted by Gasteiger charge is -2.48. The Labute approximate surface area is 578 Å². The van der Waals surface area contributed by atoms with E-state index in [9.17, 15) is 0 Å². The van der Waals surface area contributed by atoms with Crippen LogP contribution in [0.25, 0.3) is 0 Å². The predicted molar refractivity (Wildman–Crippen MR) is 417 cm³/mol. The van der Waals surface area contributed by atoms with Crippen molar-refractivity contribution in [1.82, 2.24) is 0 Å². The maximum atomic E-state index is 7.69. The van der Waals surface area contributed by atoms with Gasteiger partial charge in [-0.1, -0.05) is 12.8 Å². The summed E-state index contributed by atoms with van der Waals surface area (Å²) >= 11 is 0. The first-order valence-corrected chi connectivity index (χ1v) is 88.9. The van der Waals surface area contributed by atoms with E-state index in [2.05, 4.69) is 249 Å². The zero-order valence-corrected chi connectivity index (χ0v) is 85.5. The molecule has 2 fully saturated rings. The Hall–Kier alpha value is 3.50. The van der Waals surface area contributed by atoms with Crippen LogP contribution in [0.1, 0.15) is 25.7 Å². The number of rotatable bonds is 43. The molecule has 0 aromatic heterocycles. The topological polar surface area (TPSA) is 194 Å². The standard InChI is InChI=1S/C50H138O21Si20/c1-51-91(52-2,53-3)45-44-89(40,55-73(7,8)9)71-90(41,50-47-48-42-43-49(50)46-48)70-88(38,39)69-87(36,37)68-86(34,35)67-85(32,33)66-84(30,31)65-83(28,29)64-82(26,27)63-81(24,25)62-80(22,23)61-79(20,21)60-78(18,19)59-77(16,17)58-76(14,15)57-75(12,13)56-74(10,11)54-72(4,5)6/h48-50H,42-47H2,1-41H3. The molecule has 91 heavy (non-hydrogen) atoms. The third kappa shape index (κ3) is 34.6. The molecule has 2 aliphatic carbocycles. The molecule has 0 spiro atoms. The van der Waals surface area contributed by atoms with Crippen LogP contribution in [0.3, 0.4) is 0 Å². The third-order valence-electron chi connectivity index (χ3n) is 14.1. The lowest BCUT2D eigenvalue weighted by atomic mass is 10.0. The van der Waals surface area contributed by atoms with E-state index in [-0.39, 0.29) is 0 Å². The van der Waals surface area contributed by atoms with Crippen molar-refractivity contribution in [2.45, 2.75) is 292 Å². The van der Waals surface area contributed by atoms with E-state index in [4.69, 9.17) is 87.4 Å². The highest BCUT2D eigenvalue weighted by atomic mass is 28.6. The summed E-state index contributed by atoms with van der Waals surface area (Å²) < 4.78 is 144. The minimum atomic E-state index is -3.00. The second kappa shape index (κ2) is 31.4. The van der Waals surface area contributed by atoms with Crippen LogP contribution in [0, 0.1) is 11.8 Å². The van der Waals surface area contributed by atoms with Crippen LogP contribution in [0.4, 0.5) is 0 Å². The minimum absolute atomic E-state index is 0.342. The maximum Gasteiger partial charge on any atom is 0.500 e. The average molecular weight is 1640 g/mol. The van der Waals surface area contributed by atoms with Gasteiger partial charge in [-0.15, -0.1) is 0 Å². The predicted octanol–water partition coefficient (Wildman–Crippen LogP) is 16.7. The van der Waals surface area contributed by atoms with Crippen molar-refractivity contribution >= 4 is 171 Å². The first-order valence-electron chi connectivity index (χ1n) is 33.0. The van der Waals surface area contributed by atoms with Gasteiger partial charge in [0, 0.05) is 32.9 Å². The van der Waals surface area contributed by atoms with Gasteiger partial charge in [-0.25, -0.2) is 0 Å². The summed E-state index contributed by atoms with van der Waals surface area (Å²) in [6, 6.07) is 1.27. The molecule has 2 saturated carbocycles. The highest BCUT2D eigenvalue weighted by Gasteiger charge is 2.61. The highest BCUT2D eigenvalue weighted by Crippen LogP contribution is 2.57. The molecular formula is C50H138O21Si20. The number of hydrogen-bond acceptors (Lipinski definition) is 21. The normalized spacial score (nSPS) is 20.6. The van der Waals surface area contributed by atoms with Gasteiger partial charge in [0.05, 0.1) is 0 Å². The van der Waals surface area contributed by atoms with Gasteiger partial charge in [-0.2, -0.15) is 0 Å². The van der Waals surface area contributed by atoms with Gasteiger partial charge in [0.1, 0.15) is 0 Å². The molecule has 2 bridgehead atoms. The summed E-state index contributed by atoms with van der Waals surface area (Å²) in [6.07, 6.45) is 4.85. The van der Waals surface area contributed by atoms with E-state index in [0.29, 0.717) is 29.5 Å². The number of hydrogen-bond donors (Lipinski definition) is 0. The van der Waals surface area contributed by atoms with Crippen LogP contribution >= 0.6 is 0 Å². The molecule has 0 aliphatic heterocycles. The van der Waals surface area contributed by atoms with E-state index in [1.807, 2.05) is 0 Å². The van der Waals surface area contributed by atoms with Gasteiger partial charge in [-0.3, -0.25) is 0 Å². The molecular weight excluding hydrogens is 1500 g/mol. The zero-order valence-electron chi connectivity index (χ0n) is 65.5. The van der Waals surface area contributed by atoms with Gasteiger partial charge in [0.2, 0.25) is 0 Å².